The van der Waals surface area contributed by atoms with Gasteiger partial charge in [0.25, 0.3) is 0 Å². The Morgan fingerprint density at radius 1 is 1.43 bits per heavy atom. The molecular formula is C9H18N2O3. The standard InChI is InChI=1S/C9H18N2O3/c1-6(3-8(12)13)5-11-9(14)7(2)4-10/h6-7H,3-5,10H2,1-2H3,(H,11,14)(H,12,13). The van der Waals surface area contributed by atoms with Crippen molar-refractivity contribution in [2.24, 2.45) is 17.6 Å². The molecule has 82 valence electrons. The van der Waals surface area contributed by atoms with E-state index in [1.54, 1.807) is 13.8 Å². The van der Waals surface area contributed by atoms with Crippen molar-refractivity contribution in [3.63, 3.8) is 0 Å². The molecule has 0 fully saturated rings. The molecule has 0 aromatic rings. The molecule has 0 saturated heterocycles. The average molecular weight is 202 g/mol. The van der Waals surface area contributed by atoms with E-state index < -0.39 is 5.97 Å². The molecule has 0 aliphatic carbocycles. The molecule has 0 aliphatic heterocycles. The minimum atomic E-state index is -0.848. The fourth-order valence-corrected chi connectivity index (χ4v) is 0.926. The van der Waals surface area contributed by atoms with Gasteiger partial charge < -0.3 is 16.2 Å². The monoisotopic (exact) mass is 202 g/mol. The number of hydrogen-bond donors (Lipinski definition) is 3. The van der Waals surface area contributed by atoms with Gasteiger partial charge in [-0.1, -0.05) is 13.8 Å². The smallest absolute Gasteiger partial charge is 0.303 e. The van der Waals surface area contributed by atoms with Gasteiger partial charge in [-0.25, -0.2) is 0 Å². The average Bonchev–Trinajstić information content (AvgIpc) is 2.11. The lowest BCUT2D eigenvalue weighted by Crippen LogP contribution is -2.36. The fraction of sp³-hybridized carbons (Fsp3) is 0.778. The minimum Gasteiger partial charge on any atom is -0.481 e. The molecule has 0 aromatic carbocycles. The SMILES string of the molecule is CC(CNC(=O)C(C)CN)CC(=O)O. The third-order valence-corrected chi connectivity index (χ3v) is 1.95. The lowest BCUT2D eigenvalue weighted by Gasteiger charge is -2.13. The van der Waals surface area contributed by atoms with Crippen molar-refractivity contribution in [1.82, 2.24) is 5.32 Å². The topological polar surface area (TPSA) is 92.4 Å². The van der Waals surface area contributed by atoms with E-state index in [1.165, 1.54) is 0 Å². The molecule has 0 aliphatic rings. The normalized spacial score (nSPS) is 14.5. The van der Waals surface area contributed by atoms with Crippen LogP contribution in [0.2, 0.25) is 0 Å². The Balaban J connectivity index is 3.71. The van der Waals surface area contributed by atoms with Gasteiger partial charge in [-0.05, 0) is 5.92 Å². The Bertz CT molecular complexity index is 206. The van der Waals surface area contributed by atoms with E-state index in [2.05, 4.69) is 5.32 Å². The third-order valence-electron chi connectivity index (χ3n) is 1.95. The predicted molar refractivity (Wildman–Crippen MR) is 52.6 cm³/mol. The van der Waals surface area contributed by atoms with Crippen LogP contribution in [0.4, 0.5) is 0 Å². The molecule has 14 heavy (non-hydrogen) atoms. The number of carbonyl (C=O) groups is 2. The quantitative estimate of drug-likeness (QED) is 0.556. The predicted octanol–water partition coefficient (Wildman–Crippen LogP) is -0.192. The Morgan fingerprint density at radius 3 is 2.43 bits per heavy atom. The van der Waals surface area contributed by atoms with Gasteiger partial charge in [-0.15, -0.1) is 0 Å². The van der Waals surface area contributed by atoms with E-state index in [-0.39, 0.29) is 24.2 Å². The second-order valence-electron chi connectivity index (χ2n) is 3.58. The van der Waals surface area contributed by atoms with Gasteiger partial charge in [-0.3, -0.25) is 9.59 Å². The first-order chi connectivity index (χ1) is 6.47. The zero-order valence-corrected chi connectivity index (χ0v) is 8.62. The van der Waals surface area contributed by atoms with Crippen LogP contribution in [0.3, 0.4) is 0 Å². The number of amides is 1. The van der Waals surface area contributed by atoms with Gasteiger partial charge >= 0.3 is 5.97 Å². The highest BCUT2D eigenvalue weighted by Crippen LogP contribution is 2.00. The molecule has 2 unspecified atom stereocenters. The summed E-state index contributed by atoms with van der Waals surface area (Å²) in [6, 6.07) is 0. The van der Waals surface area contributed by atoms with E-state index in [4.69, 9.17) is 10.8 Å². The molecule has 1 amide bonds. The van der Waals surface area contributed by atoms with Crippen LogP contribution in [0.1, 0.15) is 20.3 Å². The highest BCUT2D eigenvalue weighted by atomic mass is 16.4. The summed E-state index contributed by atoms with van der Waals surface area (Å²) >= 11 is 0. The molecule has 5 nitrogen and oxygen atoms in total. The maximum absolute atomic E-state index is 11.2. The van der Waals surface area contributed by atoms with Gasteiger partial charge in [0.15, 0.2) is 0 Å². The van der Waals surface area contributed by atoms with Gasteiger partial charge in [0.2, 0.25) is 5.91 Å². The van der Waals surface area contributed by atoms with Crippen LogP contribution in [-0.2, 0) is 9.59 Å². The first-order valence-electron chi connectivity index (χ1n) is 4.67. The second-order valence-corrected chi connectivity index (χ2v) is 3.58. The van der Waals surface area contributed by atoms with Crippen LogP contribution in [0.25, 0.3) is 0 Å². The minimum absolute atomic E-state index is 0.0542. The van der Waals surface area contributed by atoms with Crippen LogP contribution in [0.15, 0.2) is 0 Å². The van der Waals surface area contributed by atoms with Crippen molar-refractivity contribution in [3.05, 3.63) is 0 Å². The molecule has 5 heteroatoms. The van der Waals surface area contributed by atoms with E-state index in [9.17, 15) is 9.59 Å². The summed E-state index contributed by atoms with van der Waals surface area (Å²) in [5, 5.41) is 11.1. The lowest BCUT2D eigenvalue weighted by atomic mass is 10.1. The Morgan fingerprint density at radius 2 is 2.00 bits per heavy atom. The van der Waals surface area contributed by atoms with Gasteiger partial charge in [0, 0.05) is 25.4 Å². The summed E-state index contributed by atoms with van der Waals surface area (Å²) in [4.78, 5) is 21.5. The molecular weight excluding hydrogens is 184 g/mol. The molecule has 0 bridgehead atoms. The maximum atomic E-state index is 11.2. The zero-order chi connectivity index (χ0) is 11.1. The Labute approximate surface area is 83.7 Å². The maximum Gasteiger partial charge on any atom is 0.303 e. The largest absolute Gasteiger partial charge is 0.481 e. The van der Waals surface area contributed by atoms with Crippen LogP contribution >= 0.6 is 0 Å². The number of hydrogen-bond acceptors (Lipinski definition) is 3. The number of carbonyl (C=O) groups excluding carboxylic acids is 1. The number of aliphatic carboxylic acids is 1. The lowest BCUT2D eigenvalue weighted by molar-refractivity contribution is -0.138. The summed E-state index contributed by atoms with van der Waals surface area (Å²) in [6.45, 7) is 4.20. The van der Waals surface area contributed by atoms with Crippen LogP contribution in [0.5, 0.6) is 0 Å². The molecule has 0 heterocycles. The molecule has 0 radical (unpaired) electrons. The number of rotatable bonds is 6. The van der Waals surface area contributed by atoms with E-state index >= 15 is 0 Å². The first-order valence-corrected chi connectivity index (χ1v) is 4.67. The van der Waals surface area contributed by atoms with Crippen molar-refractivity contribution < 1.29 is 14.7 Å². The summed E-state index contributed by atoms with van der Waals surface area (Å²) in [5.41, 5.74) is 5.31. The fourth-order valence-electron chi connectivity index (χ4n) is 0.926. The Kier molecular flexibility index (Phi) is 5.87. The molecule has 4 N–H and O–H groups in total. The number of nitrogens with one attached hydrogen (secondary N) is 1. The third kappa shape index (κ3) is 5.53. The summed E-state index contributed by atoms with van der Waals surface area (Å²) in [6.07, 6.45) is 0.0668. The molecule has 0 spiro atoms. The van der Waals surface area contributed by atoms with E-state index in [1.807, 2.05) is 0 Å². The van der Waals surface area contributed by atoms with Crippen molar-refractivity contribution in [2.45, 2.75) is 20.3 Å². The summed E-state index contributed by atoms with van der Waals surface area (Å²) in [5.74, 6) is -1.24. The summed E-state index contributed by atoms with van der Waals surface area (Å²) in [7, 11) is 0. The van der Waals surface area contributed by atoms with Crippen LogP contribution < -0.4 is 11.1 Å². The summed E-state index contributed by atoms with van der Waals surface area (Å²) < 4.78 is 0. The van der Waals surface area contributed by atoms with Crippen molar-refractivity contribution in [2.75, 3.05) is 13.1 Å². The highest BCUT2D eigenvalue weighted by molar-refractivity contribution is 5.78. The molecule has 0 saturated carbocycles. The Hall–Kier alpha value is -1.10. The molecule has 2 atom stereocenters. The molecule has 0 aromatic heterocycles. The van der Waals surface area contributed by atoms with Gasteiger partial charge in [0.05, 0.1) is 0 Å². The van der Waals surface area contributed by atoms with Gasteiger partial charge in [-0.2, -0.15) is 0 Å². The van der Waals surface area contributed by atoms with Gasteiger partial charge in [0.1, 0.15) is 0 Å². The van der Waals surface area contributed by atoms with Crippen molar-refractivity contribution in [3.8, 4) is 0 Å². The first kappa shape index (κ1) is 12.9. The second kappa shape index (κ2) is 6.37. The van der Waals surface area contributed by atoms with Crippen LogP contribution in [-0.4, -0.2) is 30.1 Å². The van der Waals surface area contributed by atoms with E-state index in [0.29, 0.717) is 13.1 Å². The molecule has 0 rings (SSSR count). The zero-order valence-electron chi connectivity index (χ0n) is 8.62. The number of carboxylic acid groups (broad SMARTS) is 1. The van der Waals surface area contributed by atoms with E-state index in [0.717, 1.165) is 0 Å². The number of carboxylic acids is 1. The number of nitrogens with two attached hydrogens (primary N) is 1. The van der Waals surface area contributed by atoms with Crippen molar-refractivity contribution >= 4 is 11.9 Å². The van der Waals surface area contributed by atoms with Crippen LogP contribution in [0, 0.1) is 11.8 Å². The highest BCUT2D eigenvalue weighted by Gasteiger charge is 2.13. The van der Waals surface area contributed by atoms with Crippen molar-refractivity contribution in [1.29, 1.82) is 0 Å².